The van der Waals surface area contributed by atoms with E-state index in [4.69, 9.17) is 4.74 Å². The van der Waals surface area contributed by atoms with Crippen LogP contribution in [0, 0.1) is 0 Å². The molecular formula is C12H22O5. The maximum absolute atomic E-state index is 9.35. The fourth-order valence-electron chi connectivity index (χ4n) is 1.24. The lowest BCUT2D eigenvalue weighted by Crippen LogP contribution is -2.31. The molecule has 0 atom stereocenters. The van der Waals surface area contributed by atoms with E-state index in [0.29, 0.717) is 0 Å². The van der Waals surface area contributed by atoms with Crippen LogP contribution in [0.1, 0.15) is 25.7 Å². The summed E-state index contributed by atoms with van der Waals surface area (Å²) in [4.78, 5) is 0. The van der Waals surface area contributed by atoms with Crippen molar-refractivity contribution in [3.63, 3.8) is 0 Å². The zero-order chi connectivity index (χ0) is 13.4. The maximum atomic E-state index is 9.35. The number of ether oxygens (including phenoxy) is 1. The molecule has 0 fully saturated rings. The van der Waals surface area contributed by atoms with Crippen LogP contribution in [0.4, 0.5) is 0 Å². The van der Waals surface area contributed by atoms with Gasteiger partial charge in [-0.05, 0) is 0 Å². The summed E-state index contributed by atoms with van der Waals surface area (Å²) in [5, 5.41) is 37.4. The fourth-order valence-corrected chi connectivity index (χ4v) is 1.24. The van der Waals surface area contributed by atoms with E-state index in [1.165, 1.54) is 12.2 Å². The van der Waals surface area contributed by atoms with Gasteiger partial charge in [0, 0.05) is 25.7 Å². The highest BCUT2D eigenvalue weighted by molar-refractivity contribution is 4.78. The van der Waals surface area contributed by atoms with Gasteiger partial charge in [-0.3, -0.25) is 0 Å². The van der Waals surface area contributed by atoms with Gasteiger partial charge in [0.15, 0.2) is 11.6 Å². The van der Waals surface area contributed by atoms with Crippen molar-refractivity contribution >= 4 is 0 Å². The average molecular weight is 246 g/mol. The monoisotopic (exact) mass is 246 g/mol. The molecule has 0 aromatic rings. The smallest absolute Gasteiger partial charge is 0.168 e. The average Bonchev–Trinajstić information content (AvgIpc) is 2.16. The Hall–Kier alpha value is -0.720. The van der Waals surface area contributed by atoms with Crippen molar-refractivity contribution < 1.29 is 25.2 Å². The second kappa shape index (κ2) is 7.58. The minimum absolute atomic E-state index is 0.0460. The van der Waals surface area contributed by atoms with Gasteiger partial charge in [0.1, 0.15) is 0 Å². The lowest BCUT2D eigenvalue weighted by atomic mass is 10.1. The highest BCUT2D eigenvalue weighted by Gasteiger charge is 2.22. The predicted octanol–water partition coefficient (Wildman–Crippen LogP) is 0.297. The molecule has 0 aromatic heterocycles. The summed E-state index contributed by atoms with van der Waals surface area (Å²) in [6.45, 7) is 7.07. The molecule has 0 amide bonds. The van der Waals surface area contributed by atoms with E-state index in [1.54, 1.807) is 0 Å². The summed E-state index contributed by atoms with van der Waals surface area (Å²) in [6.07, 6.45) is 3.05. The van der Waals surface area contributed by atoms with Crippen molar-refractivity contribution in [2.24, 2.45) is 0 Å². The Morgan fingerprint density at radius 3 is 1.47 bits per heavy atom. The Kier molecular flexibility index (Phi) is 7.26. The number of hydrogen-bond donors (Lipinski definition) is 4. The quantitative estimate of drug-likeness (QED) is 0.253. The van der Waals surface area contributed by atoms with Crippen LogP contribution in [0.3, 0.4) is 0 Å². The Balaban J connectivity index is 3.65. The van der Waals surface area contributed by atoms with Gasteiger partial charge in [-0.2, -0.15) is 0 Å². The molecule has 100 valence electrons. The largest absolute Gasteiger partial charge is 0.381 e. The Morgan fingerprint density at radius 2 is 1.18 bits per heavy atom. The van der Waals surface area contributed by atoms with Crippen LogP contribution in [0.25, 0.3) is 0 Å². The normalized spacial score (nSPS) is 12.5. The molecule has 0 unspecified atom stereocenters. The second-order valence-electron chi connectivity index (χ2n) is 4.06. The fraction of sp³-hybridized carbons (Fsp3) is 0.667. The van der Waals surface area contributed by atoms with E-state index in [2.05, 4.69) is 13.2 Å². The molecule has 0 heterocycles. The minimum Gasteiger partial charge on any atom is -0.381 e. The van der Waals surface area contributed by atoms with Crippen molar-refractivity contribution in [1.82, 2.24) is 0 Å². The Bertz CT molecular complexity index is 211. The first kappa shape index (κ1) is 16.3. The van der Waals surface area contributed by atoms with Crippen LogP contribution in [-0.2, 0) is 4.74 Å². The molecule has 0 saturated heterocycles. The number of aliphatic hydroxyl groups is 4. The van der Waals surface area contributed by atoms with Crippen molar-refractivity contribution in [2.75, 3.05) is 13.2 Å². The first-order chi connectivity index (χ1) is 7.83. The molecule has 0 radical (unpaired) electrons. The van der Waals surface area contributed by atoms with Gasteiger partial charge in [0.2, 0.25) is 0 Å². The van der Waals surface area contributed by atoms with Crippen LogP contribution in [0.5, 0.6) is 0 Å². The van der Waals surface area contributed by atoms with Crippen LogP contribution in [-0.4, -0.2) is 45.2 Å². The van der Waals surface area contributed by atoms with Gasteiger partial charge >= 0.3 is 0 Å². The summed E-state index contributed by atoms with van der Waals surface area (Å²) in [7, 11) is 0. The zero-order valence-corrected chi connectivity index (χ0v) is 10.0. The molecule has 0 saturated carbocycles. The first-order valence-electron chi connectivity index (χ1n) is 5.52. The van der Waals surface area contributed by atoms with Crippen molar-refractivity contribution in [1.29, 1.82) is 0 Å². The third kappa shape index (κ3) is 9.02. The molecule has 0 aromatic carbocycles. The molecule has 0 spiro atoms. The molecule has 17 heavy (non-hydrogen) atoms. The molecule has 0 aliphatic heterocycles. The van der Waals surface area contributed by atoms with Crippen molar-refractivity contribution in [3.05, 3.63) is 25.3 Å². The van der Waals surface area contributed by atoms with Gasteiger partial charge in [0.25, 0.3) is 0 Å². The van der Waals surface area contributed by atoms with Crippen molar-refractivity contribution in [3.8, 4) is 0 Å². The molecule has 0 aliphatic rings. The van der Waals surface area contributed by atoms with Gasteiger partial charge in [-0.15, -0.1) is 13.2 Å². The molecule has 4 N–H and O–H groups in total. The van der Waals surface area contributed by atoms with E-state index in [-0.39, 0.29) is 38.9 Å². The predicted molar refractivity (Wildman–Crippen MR) is 64.0 cm³/mol. The van der Waals surface area contributed by atoms with E-state index in [0.717, 1.165) is 0 Å². The van der Waals surface area contributed by atoms with Crippen LogP contribution >= 0.6 is 0 Å². The molecule has 5 heteroatoms. The number of hydrogen-bond acceptors (Lipinski definition) is 5. The second-order valence-corrected chi connectivity index (χ2v) is 4.06. The third-order valence-corrected chi connectivity index (χ3v) is 2.24. The SMILES string of the molecule is C=CCC(O)(O)CCOCCC(O)(O)CC=C. The summed E-state index contributed by atoms with van der Waals surface area (Å²) >= 11 is 0. The lowest BCUT2D eigenvalue weighted by molar-refractivity contribution is -0.181. The lowest BCUT2D eigenvalue weighted by Gasteiger charge is -2.21. The Morgan fingerprint density at radius 1 is 0.824 bits per heavy atom. The van der Waals surface area contributed by atoms with E-state index in [1.807, 2.05) is 0 Å². The molecule has 0 bridgehead atoms. The first-order valence-corrected chi connectivity index (χ1v) is 5.52. The molecule has 0 aliphatic carbocycles. The molecular weight excluding hydrogens is 224 g/mol. The molecule has 5 nitrogen and oxygen atoms in total. The van der Waals surface area contributed by atoms with Crippen molar-refractivity contribution in [2.45, 2.75) is 37.3 Å². The third-order valence-electron chi connectivity index (χ3n) is 2.24. The molecule has 0 rings (SSSR count). The minimum atomic E-state index is -1.81. The maximum Gasteiger partial charge on any atom is 0.168 e. The van der Waals surface area contributed by atoms with Crippen LogP contribution in [0.15, 0.2) is 25.3 Å². The van der Waals surface area contributed by atoms with Gasteiger partial charge in [-0.25, -0.2) is 0 Å². The number of rotatable bonds is 10. The Labute approximate surface area is 102 Å². The summed E-state index contributed by atoms with van der Waals surface area (Å²) in [5.74, 6) is -3.61. The van der Waals surface area contributed by atoms with Gasteiger partial charge in [0.05, 0.1) is 13.2 Å². The van der Waals surface area contributed by atoms with Crippen LogP contribution in [0.2, 0.25) is 0 Å². The van der Waals surface area contributed by atoms with Gasteiger partial charge < -0.3 is 25.2 Å². The topological polar surface area (TPSA) is 90.2 Å². The summed E-state index contributed by atoms with van der Waals surface area (Å²) in [5.41, 5.74) is 0. The summed E-state index contributed by atoms with van der Waals surface area (Å²) in [6, 6.07) is 0. The van der Waals surface area contributed by atoms with Gasteiger partial charge in [-0.1, -0.05) is 12.2 Å². The standard InChI is InChI=1S/C12H22O5/c1-3-5-11(13,14)7-9-17-10-8-12(15,16)6-4-2/h3-4,13-16H,1-2,5-10H2. The zero-order valence-electron chi connectivity index (χ0n) is 10.0. The summed E-state index contributed by atoms with van der Waals surface area (Å²) < 4.78 is 5.09. The van der Waals surface area contributed by atoms with E-state index < -0.39 is 11.6 Å². The van der Waals surface area contributed by atoms with E-state index in [9.17, 15) is 20.4 Å². The van der Waals surface area contributed by atoms with E-state index >= 15 is 0 Å². The van der Waals surface area contributed by atoms with Crippen LogP contribution < -0.4 is 0 Å². The highest BCUT2D eigenvalue weighted by Crippen LogP contribution is 2.14. The highest BCUT2D eigenvalue weighted by atomic mass is 16.5.